The normalized spacial score (nSPS) is 22.3. The third-order valence-electron chi connectivity index (χ3n) is 3.41. The average molecular weight is 258 g/mol. The van der Waals surface area contributed by atoms with Crippen molar-refractivity contribution in [3.63, 3.8) is 0 Å². The summed E-state index contributed by atoms with van der Waals surface area (Å²) in [4.78, 5) is 2.34. The van der Waals surface area contributed by atoms with Crippen molar-refractivity contribution in [2.45, 2.75) is 64.8 Å². The van der Waals surface area contributed by atoms with Gasteiger partial charge >= 0.3 is 0 Å². The van der Waals surface area contributed by atoms with Crippen LogP contribution in [0.4, 0.5) is 0 Å². The van der Waals surface area contributed by atoms with Gasteiger partial charge in [-0.2, -0.15) is 0 Å². The van der Waals surface area contributed by atoms with E-state index in [1.165, 1.54) is 12.8 Å². The Balaban J connectivity index is 2.31. The van der Waals surface area contributed by atoms with E-state index in [4.69, 9.17) is 4.74 Å². The first-order chi connectivity index (χ1) is 8.49. The van der Waals surface area contributed by atoms with Crippen molar-refractivity contribution in [2.24, 2.45) is 0 Å². The molecule has 0 saturated carbocycles. The van der Waals surface area contributed by atoms with Gasteiger partial charge in [0, 0.05) is 25.2 Å². The molecule has 2 N–H and O–H groups in total. The fourth-order valence-electron chi connectivity index (χ4n) is 2.32. The van der Waals surface area contributed by atoms with Crippen molar-refractivity contribution in [3.05, 3.63) is 0 Å². The molecular weight excluding hydrogens is 228 g/mol. The van der Waals surface area contributed by atoms with Crippen LogP contribution in [0.1, 0.15) is 40.5 Å². The van der Waals surface area contributed by atoms with E-state index in [0.29, 0.717) is 25.2 Å². The minimum atomic E-state index is -0.392. The quantitative estimate of drug-likeness (QED) is 0.687. The zero-order valence-electron chi connectivity index (χ0n) is 12.4. The SMILES string of the molecule is CC(C)OCC(O)CN(CC1CCCN1)C(C)C. The van der Waals surface area contributed by atoms with Crippen LogP contribution in [0.15, 0.2) is 0 Å². The van der Waals surface area contributed by atoms with Crippen LogP contribution in [0.2, 0.25) is 0 Å². The highest BCUT2D eigenvalue weighted by atomic mass is 16.5. The molecule has 0 aromatic carbocycles. The van der Waals surface area contributed by atoms with Gasteiger partial charge in [-0.05, 0) is 47.1 Å². The van der Waals surface area contributed by atoms with E-state index in [1.807, 2.05) is 13.8 Å². The van der Waals surface area contributed by atoms with Crippen LogP contribution in [-0.4, -0.2) is 60.5 Å². The molecule has 0 amide bonds. The van der Waals surface area contributed by atoms with Crippen LogP contribution in [0.5, 0.6) is 0 Å². The first kappa shape index (κ1) is 15.9. The Bertz CT molecular complexity index is 216. The lowest BCUT2D eigenvalue weighted by molar-refractivity contribution is -0.0133. The van der Waals surface area contributed by atoms with E-state index in [1.54, 1.807) is 0 Å². The Labute approximate surface area is 112 Å². The van der Waals surface area contributed by atoms with Gasteiger partial charge in [-0.15, -0.1) is 0 Å². The third kappa shape index (κ3) is 6.14. The molecule has 1 rings (SSSR count). The van der Waals surface area contributed by atoms with E-state index in [-0.39, 0.29) is 6.10 Å². The maximum atomic E-state index is 10.0. The molecule has 0 spiro atoms. The summed E-state index contributed by atoms with van der Waals surface area (Å²) in [5, 5.41) is 13.5. The third-order valence-corrected chi connectivity index (χ3v) is 3.41. The van der Waals surface area contributed by atoms with E-state index in [2.05, 4.69) is 24.1 Å². The second-order valence-electron chi connectivity index (χ2n) is 5.88. The Morgan fingerprint density at radius 1 is 1.33 bits per heavy atom. The molecule has 1 heterocycles. The van der Waals surface area contributed by atoms with Crippen LogP contribution >= 0.6 is 0 Å². The summed E-state index contributed by atoms with van der Waals surface area (Å²) >= 11 is 0. The first-order valence-corrected chi connectivity index (χ1v) is 7.26. The van der Waals surface area contributed by atoms with E-state index < -0.39 is 6.10 Å². The van der Waals surface area contributed by atoms with E-state index in [9.17, 15) is 5.11 Å². The second-order valence-corrected chi connectivity index (χ2v) is 5.88. The molecule has 1 fully saturated rings. The molecule has 4 heteroatoms. The van der Waals surface area contributed by atoms with Crippen molar-refractivity contribution in [1.82, 2.24) is 10.2 Å². The van der Waals surface area contributed by atoms with Crippen LogP contribution in [0, 0.1) is 0 Å². The number of ether oxygens (including phenoxy) is 1. The van der Waals surface area contributed by atoms with Crippen molar-refractivity contribution in [3.8, 4) is 0 Å². The summed E-state index contributed by atoms with van der Waals surface area (Å²) in [6.45, 7) is 11.6. The second kappa shape index (κ2) is 8.10. The molecule has 18 heavy (non-hydrogen) atoms. The molecule has 2 unspecified atom stereocenters. The summed E-state index contributed by atoms with van der Waals surface area (Å²) in [5.74, 6) is 0. The van der Waals surface area contributed by atoms with E-state index in [0.717, 1.165) is 13.1 Å². The molecule has 108 valence electrons. The van der Waals surface area contributed by atoms with Crippen LogP contribution in [-0.2, 0) is 4.74 Å². The standard InChI is InChI=1S/C14H30N2O2/c1-11(2)16(8-13-6-5-7-15-13)9-14(17)10-18-12(3)4/h11-15,17H,5-10H2,1-4H3. The molecule has 0 radical (unpaired) electrons. The molecule has 0 aliphatic carbocycles. The number of rotatable bonds is 8. The minimum Gasteiger partial charge on any atom is -0.389 e. The van der Waals surface area contributed by atoms with E-state index >= 15 is 0 Å². The maximum Gasteiger partial charge on any atom is 0.0900 e. The maximum absolute atomic E-state index is 10.0. The van der Waals surface area contributed by atoms with Gasteiger partial charge in [-0.3, -0.25) is 4.90 Å². The molecule has 0 bridgehead atoms. The first-order valence-electron chi connectivity index (χ1n) is 7.26. The number of nitrogens with one attached hydrogen (secondary N) is 1. The highest BCUT2D eigenvalue weighted by Crippen LogP contribution is 2.10. The molecule has 2 atom stereocenters. The van der Waals surface area contributed by atoms with Gasteiger partial charge in [-0.25, -0.2) is 0 Å². The lowest BCUT2D eigenvalue weighted by Crippen LogP contribution is -2.45. The number of hydrogen-bond acceptors (Lipinski definition) is 4. The van der Waals surface area contributed by atoms with Crippen molar-refractivity contribution >= 4 is 0 Å². The minimum absolute atomic E-state index is 0.184. The summed E-state index contributed by atoms with van der Waals surface area (Å²) < 4.78 is 5.46. The van der Waals surface area contributed by atoms with Gasteiger partial charge < -0.3 is 15.2 Å². The fraction of sp³-hybridized carbons (Fsp3) is 1.00. The van der Waals surface area contributed by atoms with Gasteiger partial charge in [0.05, 0.1) is 18.8 Å². The Hall–Kier alpha value is -0.160. The predicted molar refractivity (Wildman–Crippen MR) is 74.8 cm³/mol. The number of aliphatic hydroxyl groups is 1. The highest BCUT2D eigenvalue weighted by Gasteiger charge is 2.21. The largest absolute Gasteiger partial charge is 0.389 e. The number of hydrogen-bond donors (Lipinski definition) is 2. The van der Waals surface area contributed by atoms with Crippen molar-refractivity contribution in [2.75, 3.05) is 26.2 Å². The van der Waals surface area contributed by atoms with Crippen molar-refractivity contribution < 1.29 is 9.84 Å². The lowest BCUT2D eigenvalue weighted by Gasteiger charge is -2.31. The van der Waals surface area contributed by atoms with Crippen LogP contribution < -0.4 is 5.32 Å². The van der Waals surface area contributed by atoms with Crippen LogP contribution in [0.25, 0.3) is 0 Å². The average Bonchev–Trinajstić information content (AvgIpc) is 2.78. The monoisotopic (exact) mass is 258 g/mol. The summed E-state index contributed by atoms with van der Waals surface area (Å²) in [5.41, 5.74) is 0. The van der Waals surface area contributed by atoms with Gasteiger partial charge in [0.1, 0.15) is 0 Å². The smallest absolute Gasteiger partial charge is 0.0900 e. The fourth-order valence-corrected chi connectivity index (χ4v) is 2.32. The Kier molecular flexibility index (Phi) is 7.15. The zero-order chi connectivity index (χ0) is 13.5. The lowest BCUT2D eigenvalue weighted by atomic mass is 10.1. The number of aliphatic hydroxyl groups excluding tert-OH is 1. The van der Waals surface area contributed by atoms with Gasteiger partial charge in [0.2, 0.25) is 0 Å². The Morgan fingerprint density at radius 3 is 2.56 bits per heavy atom. The summed E-state index contributed by atoms with van der Waals surface area (Å²) in [7, 11) is 0. The van der Waals surface area contributed by atoms with Crippen LogP contribution in [0.3, 0.4) is 0 Å². The van der Waals surface area contributed by atoms with Gasteiger partial charge in [0.25, 0.3) is 0 Å². The molecule has 1 saturated heterocycles. The highest BCUT2D eigenvalue weighted by molar-refractivity contribution is 4.80. The van der Waals surface area contributed by atoms with Crippen molar-refractivity contribution in [1.29, 1.82) is 0 Å². The number of nitrogens with zero attached hydrogens (tertiary/aromatic N) is 1. The summed E-state index contributed by atoms with van der Waals surface area (Å²) in [6.07, 6.45) is 2.32. The molecule has 1 aliphatic heterocycles. The predicted octanol–water partition coefficient (Wildman–Crippen LogP) is 1.23. The summed E-state index contributed by atoms with van der Waals surface area (Å²) in [6, 6.07) is 1.05. The van der Waals surface area contributed by atoms with Gasteiger partial charge in [0.15, 0.2) is 0 Å². The molecule has 0 aromatic rings. The molecule has 4 nitrogen and oxygen atoms in total. The topological polar surface area (TPSA) is 44.7 Å². The Morgan fingerprint density at radius 2 is 2.06 bits per heavy atom. The molecular formula is C14H30N2O2. The molecule has 0 aromatic heterocycles. The van der Waals surface area contributed by atoms with Gasteiger partial charge in [-0.1, -0.05) is 0 Å². The molecule has 1 aliphatic rings. The zero-order valence-corrected chi connectivity index (χ0v) is 12.4.